The number of esters is 1. The maximum absolute atomic E-state index is 11.8. The van der Waals surface area contributed by atoms with Gasteiger partial charge in [-0.25, -0.2) is 9.78 Å². The highest BCUT2D eigenvalue weighted by atomic mass is 32.1. The maximum atomic E-state index is 11.8. The average Bonchev–Trinajstić information content (AvgIpc) is 2.92. The largest absolute Gasteiger partial charge is 0.467 e. The number of benzene rings is 1. The molecule has 0 aliphatic rings. The van der Waals surface area contributed by atoms with Gasteiger partial charge < -0.3 is 15.2 Å². The summed E-state index contributed by atoms with van der Waals surface area (Å²) in [4.78, 5) is 27.5. The van der Waals surface area contributed by atoms with Gasteiger partial charge in [-0.3, -0.25) is 4.79 Å². The zero-order valence-corrected chi connectivity index (χ0v) is 12.4. The fourth-order valence-electron chi connectivity index (χ4n) is 1.84. The number of aryl methyl sites for hydroxylation is 1. The molecule has 0 unspecified atom stereocenters. The number of methoxy groups -OCH3 is 1. The first kappa shape index (κ1) is 15.4. The first-order chi connectivity index (χ1) is 10.1. The van der Waals surface area contributed by atoms with Gasteiger partial charge in [0.25, 0.3) is 0 Å². The molecule has 0 aliphatic carbocycles. The number of hydrogen-bond acceptors (Lipinski definition) is 6. The minimum Gasteiger partial charge on any atom is -0.467 e. The van der Waals surface area contributed by atoms with Crippen molar-refractivity contribution < 1.29 is 19.4 Å². The Labute approximate surface area is 125 Å². The number of amides is 1. The molecule has 1 aromatic heterocycles. The van der Waals surface area contributed by atoms with Crippen LogP contribution in [0, 0.1) is 0 Å². The molecular weight excluding hydrogens is 292 g/mol. The van der Waals surface area contributed by atoms with Crippen molar-refractivity contribution in [2.24, 2.45) is 0 Å². The summed E-state index contributed by atoms with van der Waals surface area (Å²) in [6.07, 6.45) is 0.692. The number of hydrogen-bond donors (Lipinski definition) is 2. The van der Waals surface area contributed by atoms with Crippen LogP contribution in [-0.2, 0) is 20.7 Å². The van der Waals surface area contributed by atoms with Crippen molar-refractivity contribution in [2.75, 3.05) is 13.7 Å². The summed E-state index contributed by atoms with van der Waals surface area (Å²) in [5.74, 6) is -0.982. The standard InChI is InChI=1S/C14H16N2O4S/c1-20-14(19)10(8-17)15-12(18)6-7-13-16-9-4-2-3-5-11(9)21-13/h2-5,10,17H,6-8H2,1H3,(H,15,18)/t10-/m0/s1. The highest BCUT2D eigenvalue weighted by Gasteiger charge is 2.20. The van der Waals surface area contributed by atoms with E-state index >= 15 is 0 Å². The number of aliphatic hydroxyl groups excluding tert-OH is 1. The van der Waals surface area contributed by atoms with E-state index in [1.54, 1.807) is 11.3 Å². The fourth-order valence-corrected chi connectivity index (χ4v) is 2.80. The summed E-state index contributed by atoms with van der Waals surface area (Å²) >= 11 is 1.54. The Hall–Kier alpha value is -1.99. The Kier molecular flexibility index (Phi) is 5.24. The molecule has 112 valence electrons. The number of para-hydroxylation sites is 1. The van der Waals surface area contributed by atoms with Gasteiger partial charge in [0.15, 0.2) is 6.04 Å². The zero-order chi connectivity index (χ0) is 15.2. The van der Waals surface area contributed by atoms with Gasteiger partial charge in [0.1, 0.15) is 0 Å². The second-order valence-corrected chi connectivity index (χ2v) is 5.52. The molecule has 7 heteroatoms. The number of ether oxygens (including phenoxy) is 1. The van der Waals surface area contributed by atoms with Gasteiger partial charge in [-0.05, 0) is 12.1 Å². The molecule has 0 saturated heterocycles. The van der Waals surface area contributed by atoms with E-state index in [-0.39, 0.29) is 12.3 Å². The van der Waals surface area contributed by atoms with Gasteiger partial charge in [0, 0.05) is 12.8 Å². The topological polar surface area (TPSA) is 88.5 Å². The Morgan fingerprint density at radius 2 is 2.19 bits per heavy atom. The molecule has 6 nitrogen and oxygen atoms in total. The molecule has 2 aromatic rings. The lowest BCUT2D eigenvalue weighted by atomic mass is 10.2. The third-order valence-corrected chi connectivity index (χ3v) is 4.00. The SMILES string of the molecule is COC(=O)[C@H](CO)NC(=O)CCc1nc2ccccc2s1. The number of nitrogens with one attached hydrogen (secondary N) is 1. The Morgan fingerprint density at radius 3 is 2.86 bits per heavy atom. The van der Waals surface area contributed by atoms with Crippen molar-refractivity contribution in [3.05, 3.63) is 29.3 Å². The molecule has 0 radical (unpaired) electrons. The lowest BCUT2D eigenvalue weighted by Crippen LogP contribution is -2.44. The number of thiazole rings is 1. The smallest absolute Gasteiger partial charge is 0.330 e. The van der Waals surface area contributed by atoms with Crippen LogP contribution < -0.4 is 5.32 Å². The predicted octanol–water partition coefficient (Wildman–Crippen LogP) is 0.879. The quantitative estimate of drug-likeness (QED) is 0.773. The lowest BCUT2D eigenvalue weighted by Gasteiger charge is -2.13. The number of carbonyl (C=O) groups excluding carboxylic acids is 2. The van der Waals surface area contributed by atoms with Gasteiger partial charge in [0.2, 0.25) is 5.91 Å². The van der Waals surface area contributed by atoms with Crippen molar-refractivity contribution in [3.63, 3.8) is 0 Å². The first-order valence-corrected chi connectivity index (χ1v) is 7.28. The Balaban J connectivity index is 1.90. The van der Waals surface area contributed by atoms with Crippen LogP contribution in [0.1, 0.15) is 11.4 Å². The molecule has 0 bridgehead atoms. The summed E-state index contributed by atoms with van der Waals surface area (Å²) in [5, 5.41) is 12.3. The average molecular weight is 308 g/mol. The maximum Gasteiger partial charge on any atom is 0.330 e. The molecule has 2 rings (SSSR count). The van der Waals surface area contributed by atoms with Crippen LogP contribution in [-0.4, -0.2) is 41.7 Å². The van der Waals surface area contributed by atoms with Gasteiger partial charge in [-0.1, -0.05) is 12.1 Å². The van der Waals surface area contributed by atoms with Crippen molar-refractivity contribution >= 4 is 33.4 Å². The molecule has 1 atom stereocenters. The van der Waals surface area contributed by atoms with Crippen LogP contribution in [0.15, 0.2) is 24.3 Å². The van der Waals surface area contributed by atoms with Crippen LogP contribution in [0.5, 0.6) is 0 Å². The molecule has 21 heavy (non-hydrogen) atoms. The van der Waals surface area contributed by atoms with Gasteiger partial charge in [-0.2, -0.15) is 0 Å². The van der Waals surface area contributed by atoms with E-state index in [2.05, 4.69) is 15.0 Å². The number of fused-ring (bicyclic) bond motifs is 1. The monoisotopic (exact) mass is 308 g/mol. The Bertz CT molecular complexity index is 608. The van der Waals surface area contributed by atoms with E-state index in [1.807, 2.05) is 24.3 Å². The summed E-state index contributed by atoms with van der Waals surface area (Å²) in [7, 11) is 1.21. The number of aromatic nitrogens is 1. The number of aliphatic hydroxyl groups is 1. The van der Waals surface area contributed by atoms with E-state index in [0.717, 1.165) is 15.2 Å². The van der Waals surface area contributed by atoms with Crippen LogP contribution in [0.2, 0.25) is 0 Å². The highest BCUT2D eigenvalue weighted by molar-refractivity contribution is 7.18. The Morgan fingerprint density at radius 1 is 1.43 bits per heavy atom. The molecular formula is C14H16N2O4S. The molecule has 1 heterocycles. The minimum atomic E-state index is -1.02. The minimum absolute atomic E-state index is 0.202. The molecule has 1 amide bonds. The van der Waals surface area contributed by atoms with Crippen LogP contribution in [0.4, 0.5) is 0 Å². The van der Waals surface area contributed by atoms with E-state index < -0.39 is 18.6 Å². The zero-order valence-electron chi connectivity index (χ0n) is 11.5. The highest BCUT2D eigenvalue weighted by Crippen LogP contribution is 2.22. The number of carbonyl (C=O) groups is 2. The van der Waals surface area contributed by atoms with Gasteiger partial charge in [-0.15, -0.1) is 11.3 Å². The molecule has 0 aliphatic heterocycles. The summed E-state index contributed by atoms with van der Waals surface area (Å²) in [5.41, 5.74) is 0.917. The van der Waals surface area contributed by atoms with E-state index in [4.69, 9.17) is 5.11 Å². The van der Waals surface area contributed by atoms with Crippen molar-refractivity contribution in [2.45, 2.75) is 18.9 Å². The molecule has 0 fully saturated rings. The van der Waals surface area contributed by atoms with E-state index in [1.165, 1.54) is 7.11 Å². The number of nitrogens with zero attached hydrogens (tertiary/aromatic N) is 1. The number of rotatable bonds is 6. The third-order valence-electron chi connectivity index (χ3n) is 2.91. The van der Waals surface area contributed by atoms with E-state index in [9.17, 15) is 9.59 Å². The fraction of sp³-hybridized carbons (Fsp3) is 0.357. The third kappa shape index (κ3) is 3.99. The summed E-state index contributed by atoms with van der Waals surface area (Å²) in [6.45, 7) is -0.487. The van der Waals surface area contributed by atoms with Crippen LogP contribution in [0.3, 0.4) is 0 Å². The van der Waals surface area contributed by atoms with E-state index in [0.29, 0.717) is 6.42 Å². The predicted molar refractivity (Wildman–Crippen MR) is 79.0 cm³/mol. The first-order valence-electron chi connectivity index (χ1n) is 6.46. The molecule has 1 aromatic carbocycles. The lowest BCUT2D eigenvalue weighted by molar-refractivity contribution is -0.146. The molecule has 0 saturated carbocycles. The summed E-state index contributed by atoms with van der Waals surface area (Å²) < 4.78 is 5.56. The second-order valence-electron chi connectivity index (χ2n) is 4.40. The molecule has 2 N–H and O–H groups in total. The van der Waals surface area contributed by atoms with Crippen LogP contribution in [0.25, 0.3) is 10.2 Å². The second kappa shape index (κ2) is 7.14. The van der Waals surface area contributed by atoms with Crippen LogP contribution >= 0.6 is 11.3 Å². The van der Waals surface area contributed by atoms with Gasteiger partial charge >= 0.3 is 5.97 Å². The van der Waals surface area contributed by atoms with Gasteiger partial charge in [0.05, 0.1) is 28.9 Å². The summed E-state index contributed by atoms with van der Waals surface area (Å²) in [6, 6.07) is 6.75. The van der Waals surface area contributed by atoms with Crippen molar-refractivity contribution in [1.29, 1.82) is 0 Å². The van der Waals surface area contributed by atoms with Crippen molar-refractivity contribution in [1.82, 2.24) is 10.3 Å². The van der Waals surface area contributed by atoms with Crippen molar-refractivity contribution in [3.8, 4) is 0 Å². The molecule has 0 spiro atoms. The normalized spacial score (nSPS) is 12.1.